The molecule has 19 heavy (non-hydrogen) atoms. The van der Waals surface area contributed by atoms with Gasteiger partial charge in [0, 0.05) is 38.8 Å². The molecule has 0 aliphatic carbocycles. The smallest absolute Gasteiger partial charge is 0.211 e. The van der Waals surface area contributed by atoms with E-state index in [0.29, 0.717) is 19.8 Å². The van der Waals surface area contributed by atoms with Crippen LogP contribution in [0.2, 0.25) is 0 Å². The molecule has 0 N–H and O–H groups in total. The monoisotopic (exact) mass is 292 g/mol. The van der Waals surface area contributed by atoms with E-state index in [0.717, 1.165) is 32.7 Å². The van der Waals surface area contributed by atoms with E-state index in [-0.39, 0.29) is 12.1 Å². The van der Waals surface area contributed by atoms with Gasteiger partial charge in [0.15, 0.2) is 0 Å². The van der Waals surface area contributed by atoms with Crippen LogP contribution in [0, 0.1) is 0 Å². The van der Waals surface area contributed by atoms with Crippen molar-refractivity contribution in [1.82, 2.24) is 9.21 Å². The van der Waals surface area contributed by atoms with Gasteiger partial charge in [0.1, 0.15) is 0 Å². The molecule has 2 aliphatic heterocycles. The van der Waals surface area contributed by atoms with E-state index in [1.54, 1.807) is 4.31 Å². The molecule has 0 bridgehead atoms. The number of hydrogen-bond acceptors (Lipinski definition) is 5. The lowest BCUT2D eigenvalue weighted by Gasteiger charge is -2.38. The summed E-state index contributed by atoms with van der Waals surface area (Å²) in [6, 6.07) is 0.0403. The Hall–Kier alpha value is -0.210. The summed E-state index contributed by atoms with van der Waals surface area (Å²) in [5.41, 5.74) is 0. The minimum atomic E-state index is -3.07. The van der Waals surface area contributed by atoms with Gasteiger partial charge in [-0.2, -0.15) is 4.31 Å². The quantitative estimate of drug-likeness (QED) is 0.700. The van der Waals surface area contributed by atoms with Crippen molar-refractivity contribution in [2.75, 3.05) is 52.3 Å². The number of piperazine rings is 1. The van der Waals surface area contributed by atoms with Crippen molar-refractivity contribution in [2.24, 2.45) is 0 Å². The van der Waals surface area contributed by atoms with Crippen molar-refractivity contribution < 1.29 is 17.9 Å². The average molecular weight is 292 g/mol. The Kier molecular flexibility index (Phi) is 5.19. The third-order valence-corrected chi connectivity index (χ3v) is 5.12. The van der Waals surface area contributed by atoms with Crippen molar-refractivity contribution >= 4 is 10.0 Å². The molecule has 0 aromatic rings. The summed E-state index contributed by atoms with van der Waals surface area (Å²) in [5.74, 6) is 0. The maximum Gasteiger partial charge on any atom is 0.211 e. The molecular formula is C12H24N2O4S. The largest absolute Gasteiger partial charge is 0.379 e. The van der Waals surface area contributed by atoms with Gasteiger partial charge in [-0.3, -0.25) is 4.90 Å². The molecule has 2 saturated heterocycles. The highest BCUT2D eigenvalue weighted by Crippen LogP contribution is 2.13. The van der Waals surface area contributed by atoms with Crippen LogP contribution in [-0.4, -0.2) is 82.0 Å². The molecule has 0 aromatic carbocycles. The molecule has 7 heteroatoms. The van der Waals surface area contributed by atoms with Gasteiger partial charge in [0.2, 0.25) is 10.0 Å². The Morgan fingerprint density at radius 3 is 2.74 bits per heavy atom. The minimum absolute atomic E-state index is 0.0403. The van der Waals surface area contributed by atoms with Crippen molar-refractivity contribution in [3.8, 4) is 0 Å². The average Bonchev–Trinajstić information content (AvgIpc) is 2.80. The van der Waals surface area contributed by atoms with Crippen LogP contribution in [0.1, 0.15) is 13.3 Å². The fourth-order valence-corrected chi connectivity index (χ4v) is 3.84. The number of rotatable bonds is 5. The molecule has 6 nitrogen and oxygen atoms in total. The van der Waals surface area contributed by atoms with E-state index < -0.39 is 10.0 Å². The van der Waals surface area contributed by atoms with Crippen LogP contribution in [0.4, 0.5) is 0 Å². The fourth-order valence-electron chi connectivity index (χ4n) is 2.70. The molecule has 1 unspecified atom stereocenters. The van der Waals surface area contributed by atoms with Crippen molar-refractivity contribution in [1.29, 1.82) is 0 Å². The van der Waals surface area contributed by atoms with E-state index in [9.17, 15) is 8.42 Å². The van der Waals surface area contributed by atoms with E-state index in [1.165, 1.54) is 6.26 Å². The lowest BCUT2D eigenvalue weighted by molar-refractivity contribution is 0.0217. The standard InChI is InChI=1S/C12H24N2O4S/c1-11-9-13(4-5-14(11)19(2,15)16)6-8-18-12-3-7-17-10-12/h11-12H,3-10H2,1-2H3/t11-,12?/m0/s1. The zero-order chi connectivity index (χ0) is 13.9. The van der Waals surface area contributed by atoms with E-state index in [2.05, 4.69) is 4.90 Å². The van der Waals surface area contributed by atoms with Crippen LogP contribution in [0.15, 0.2) is 0 Å². The van der Waals surface area contributed by atoms with Gasteiger partial charge in [0.05, 0.1) is 25.6 Å². The van der Waals surface area contributed by atoms with Gasteiger partial charge < -0.3 is 9.47 Å². The Morgan fingerprint density at radius 1 is 1.37 bits per heavy atom. The summed E-state index contributed by atoms with van der Waals surface area (Å²) in [6.45, 7) is 7.15. The Bertz CT molecular complexity index is 381. The highest BCUT2D eigenvalue weighted by Gasteiger charge is 2.29. The highest BCUT2D eigenvalue weighted by atomic mass is 32.2. The first-order valence-corrected chi connectivity index (χ1v) is 8.70. The van der Waals surface area contributed by atoms with Crippen LogP contribution in [0.5, 0.6) is 0 Å². The lowest BCUT2D eigenvalue weighted by Crippen LogP contribution is -2.54. The second-order valence-electron chi connectivity index (χ2n) is 5.38. The Labute approximate surface area is 115 Å². The maximum atomic E-state index is 11.6. The second-order valence-corrected chi connectivity index (χ2v) is 7.31. The summed E-state index contributed by atoms with van der Waals surface area (Å²) >= 11 is 0. The SMILES string of the molecule is C[C@H]1CN(CCOC2CCOC2)CCN1S(C)(=O)=O. The number of hydrogen-bond donors (Lipinski definition) is 0. The predicted octanol–water partition coefficient (Wildman–Crippen LogP) is -0.242. The molecular weight excluding hydrogens is 268 g/mol. The Balaban J connectivity index is 1.69. The number of nitrogens with zero attached hydrogens (tertiary/aromatic N) is 2. The summed E-state index contributed by atoms with van der Waals surface area (Å²) in [5, 5.41) is 0. The van der Waals surface area contributed by atoms with Gasteiger partial charge in [0.25, 0.3) is 0 Å². The first kappa shape index (κ1) is 15.2. The molecule has 0 aromatic heterocycles. The molecule has 0 saturated carbocycles. The summed E-state index contributed by atoms with van der Waals surface area (Å²) < 4.78 is 35.7. The van der Waals surface area contributed by atoms with E-state index in [1.807, 2.05) is 6.92 Å². The van der Waals surface area contributed by atoms with Crippen molar-refractivity contribution in [3.63, 3.8) is 0 Å². The van der Waals surface area contributed by atoms with E-state index in [4.69, 9.17) is 9.47 Å². The minimum Gasteiger partial charge on any atom is -0.379 e. The van der Waals surface area contributed by atoms with Gasteiger partial charge >= 0.3 is 0 Å². The molecule has 0 spiro atoms. The topological polar surface area (TPSA) is 59.1 Å². The molecule has 2 aliphatic rings. The third-order valence-electron chi connectivity index (χ3n) is 3.73. The van der Waals surface area contributed by atoms with Crippen molar-refractivity contribution in [2.45, 2.75) is 25.5 Å². The third kappa shape index (κ3) is 4.39. The number of ether oxygens (including phenoxy) is 2. The van der Waals surface area contributed by atoms with Crippen LogP contribution >= 0.6 is 0 Å². The molecule has 2 fully saturated rings. The summed E-state index contributed by atoms with van der Waals surface area (Å²) in [4.78, 5) is 2.27. The highest BCUT2D eigenvalue weighted by molar-refractivity contribution is 7.88. The zero-order valence-corrected chi connectivity index (χ0v) is 12.6. The van der Waals surface area contributed by atoms with Gasteiger partial charge in [-0.1, -0.05) is 0 Å². The molecule has 0 radical (unpaired) electrons. The van der Waals surface area contributed by atoms with Gasteiger partial charge in [-0.05, 0) is 13.3 Å². The van der Waals surface area contributed by atoms with Gasteiger partial charge in [-0.15, -0.1) is 0 Å². The Morgan fingerprint density at radius 2 is 2.16 bits per heavy atom. The van der Waals surface area contributed by atoms with Crippen LogP contribution in [0.25, 0.3) is 0 Å². The fraction of sp³-hybridized carbons (Fsp3) is 1.00. The number of sulfonamides is 1. The zero-order valence-electron chi connectivity index (χ0n) is 11.7. The van der Waals surface area contributed by atoms with Gasteiger partial charge in [-0.25, -0.2) is 8.42 Å². The second kappa shape index (κ2) is 6.49. The molecule has 2 rings (SSSR count). The normalized spacial score (nSPS) is 30.8. The van der Waals surface area contributed by atoms with Crippen LogP contribution in [-0.2, 0) is 19.5 Å². The molecule has 2 atom stereocenters. The summed E-state index contributed by atoms with van der Waals surface area (Å²) in [6.07, 6.45) is 2.51. The predicted molar refractivity (Wildman–Crippen MR) is 72.6 cm³/mol. The van der Waals surface area contributed by atoms with E-state index >= 15 is 0 Å². The first-order chi connectivity index (χ1) is 8.97. The molecule has 0 amide bonds. The van der Waals surface area contributed by atoms with Crippen molar-refractivity contribution in [3.05, 3.63) is 0 Å². The first-order valence-electron chi connectivity index (χ1n) is 6.85. The summed E-state index contributed by atoms with van der Waals surface area (Å²) in [7, 11) is -3.07. The van der Waals surface area contributed by atoms with Crippen LogP contribution < -0.4 is 0 Å². The molecule has 2 heterocycles. The lowest BCUT2D eigenvalue weighted by atomic mass is 10.2. The molecule has 112 valence electrons. The van der Waals surface area contributed by atoms with Crippen LogP contribution in [0.3, 0.4) is 0 Å². The maximum absolute atomic E-state index is 11.6.